The molecule has 0 aromatic carbocycles. The summed E-state index contributed by atoms with van der Waals surface area (Å²) in [6.07, 6.45) is 4.39. The average Bonchev–Trinajstić information content (AvgIpc) is 2.66. The van der Waals surface area contributed by atoms with Gasteiger partial charge in [-0.3, -0.25) is 0 Å². The van der Waals surface area contributed by atoms with E-state index in [-0.39, 0.29) is 0 Å². The van der Waals surface area contributed by atoms with Crippen molar-refractivity contribution in [2.45, 2.75) is 33.1 Å². The molecule has 1 nitrogen and oxygen atoms in total. The molecule has 0 bridgehead atoms. The van der Waals surface area contributed by atoms with Gasteiger partial charge in [0.15, 0.2) is 0 Å². The predicted molar refractivity (Wildman–Crippen MR) is 47.6 cm³/mol. The third-order valence-electron chi connectivity index (χ3n) is 3.41. The maximum atomic E-state index is 2.63. The Morgan fingerprint density at radius 2 is 2.00 bits per heavy atom. The third kappa shape index (κ3) is 1.44. The lowest BCUT2D eigenvalue weighted by Crippen LogP contribution is -2.47. The maximum absolute atomic E-state index is 2.63. The van der Waals surface area contributed by atoms with Crippen LogP contribution in [0, 0.1) is 11.3 Å². The molecule has 0 spiro atoms. The Labute approximate surface area is 69.8 Å². The first kappa shape index (κ1) is 7.60. The average molecular weight is 153 g/mol. The van der Waals surface area contributed by atoms with E-state index < -0.39 is 0 Å². The molecule has 1 saturated heterocycles. The van der Waals surface area contributed by atoms with E-state index in [0.717, 1.165) is 11.3 Å². The molecule has 1 heterocycles. The van der Waals surface area contributed by atoms with E-state index >= 15 is 0 Å². The van der Waals surface area contributed by atoms with Crippen LogP contribution in [0.2, 0.25) is 0 Å². The zero-order valence-corrected chi connectivity index (χ0v) is 7.77. The van der Waals surface area contributed by atoms with Gasteiger partial charge in [0.25, 0.3) is 0 Å². The van der Waals surface area contributed by atoms with E-state index in [0.29, 0.717) is 0 Å². The van der Waals surface area contributed by atoms with Crippen LogP contribution in [-0.4, -0.2) is 24.5 Å². The minimum Gasteiger partial charge on any atom is -0.302 e. The summed E-state index contributed by atoms with van der Waals surface area (Å²) >= 11 is 0. The number of rotatable bonds is 3. The first-order valence-corrected chi connectivity index (χ1v) is 4.96. The maximum Gasteiger partial charge on any atom is 0.00381 e. The summed E-state index contributed by atoms with van der Waals surface area (Å²) in [6, 6.07) is 0. The first-order valence-electron chi connectivity index (χ1n) is 4.96. The molecular formula is C10H19N. The van der Waals surface area contributed by atoms with Crippen molar-refractivity contribution in [3.8, 4) is 0 Å². The van der Waals surface area contributed by atoms with E-state index in [1.807, 2.05) is 0 Å². The number of hydrogen-bond acceptors (Lipinski definition) is 1. The second-order valence-electron chi connectivity index (χ2n) is 4.65. The molecule has 1 aliphatic carbocycles. The summed E-state index contributed by atoms with van der Waals surface area (Å²) < 4.78 is 0. The van der Waals surface area contributed by atoms with Gasteiger partial charge >= 0.3 is 0 Å². The van der Waals surface area contributed by atoms with Crippen molar-refractivity contribution in [2.75, 3.05) is 19.6 Å². The van der Waals surface area contributed by atoms with Crippen molar-refractivity contribution in [1.82, 2.24) is 4.90 Å². The van der Waals surface area contributed by atoms with Crippen LogP contribution in [0.1, 0.15) is 33.1 Å². The van der Waals surface area contributed by atoms with Crippen LogP contribution in [0.4, 0.5) is 0 Å². The van der Waals surface area contributed by atoms with Crippen molar-refractivity contribution in [1.29, 1.82) is 0 Å². The zero-order chi connectivity index (χ0) is 7.90. The molecule has 0 atom stereocenters. The van der Waals surface area contributed by atoms with E-state index in [1.54, 1.807) is 0 Å². The Bertz CT molecular complexity index is 143. The Morgan fingerprint density at radius 1 is 1.36 bits per heavy atom. The van der Waals surface area contributed by atoms with Gasteiger partial charge < -0.3 is 4.90 Å². The molecule has 0 amide bonds. The highest BCUT2D eigenvalue weighted by molar-refractivity contribution is 4.96. The summed E-state index contributed by atoms with van der Waals surface area (Å²) in [5.74, 6) is 0.975. The summed E-state index contributed by atoms with van der Waals surface area (Å²) in [5.41, 5.74) is 0.778. The van der Waals surface area contributed by atoms with Crippen LogP contribution in [0.25, 0.3) is 0 Å². The highest BCUT2D eigenvalue weighted by Crippen LogP contribution is 2.49. The molecule has 0 N–H and O–H groups in total. The van der Waals surface area contributed by atoms with E-state index in [9.17, 15) is 0 Å². The SMILES string of the molecule is CCC1(CN2CC(C)C2)CC1. The molecule has 0 aromatic heterocycles. The first-order chi connectivity index (χ1) is 5.24. The molecular weight excluding hydrogens is 134 g/mol. The molecule has 0 radical (unpaired) electrons. The third-order valence-corrected chi connectivity index (χ3v) is 3.41. The lowest BCUT2D eigenvalue weighted by Gasteiger charge is -2.39. The quantitative estimate of drug-likeness (QED) is 0.600. The van der Waals surface area contributed by atoms with Crippen molar-refractivity contribution < 1.29 is 0 Å². The monoisotopic (exact) mass is 153 g/mol. The van der Waals surface area contributed by atoms with Crippen molar-refractivity contribution in [3.05, 3.63) is 0 Å². The summed E-state index contributed by atoms with van der Waals surface area (Å²) in [5, 5.41) is 0. The molecule has 2 fully saturated rings. The molecule has 11 heavy (non-hydrogen) atoms. The van der Waals surface area contributed by atoms with Gasteiger partial charge in [-0.05, 0) is 30.6 Å². The zero-order valence-electron chi connectivity index (χ0n) is 7.77. The lowest BCUT2D eigenvalue weighted by atomic mass is 9.97. The largest absolute Gasteiger partial charge is 0.302 e. The highest BCUT2D eigenvalue weighted by Gasteiger charge is 2.43. The topological polar surface area (TPSA) is 3.24 Å². The van der Waals surface area contributed by atoms with E-state index in [2.05, 4.69) is 18.7 Å². The number of nitrogens with zero attached hydrogens (tertiary/aromatic N) is 1. The van der Waals surface area contributed by atoms with Gasteiger partial charge in [-0.2, -0.15) is 0 Å². The van der Waals surface area contributed by atoms with Crippen molar-refractivity contribution in [2.24, 2.45) is 11.3 Å². The van der Waals surface area contributed by atoms with Gasteiger partial charge in [0, 0.05) is 19.6 Å². The fourth-order valence-corrected chi connectivity index (χ4v) is 2.23. The molecule has 1 aliphatic heterocycles. The molecule has 1 saturated carbocycles. The van der Waals surface area contributed by atoms with Gasteiger partial charge in [0.05, 0.1) is 0 Å². The summed E-state index contributed by atoms with van der Waals surface area (Å²) in [4.78, 5) is 2.63. The summed E-state index contributed by atoms with van der Waals surface area (Å²) in [6.45, 7) is 8.82. The van der Waals surface area contributed by atoms with Gasteiger partial charge in [0.2, 0.25) is 0 Å². The van der Waals surface area contributed by atoms with Crippen molar-refractivity contribution >= 4 is 0 Å². The fraction of sp³-hybridized carbons (Fsp3) is 1.00. The van der Waals surface area contributed by atoms with Crippen LogP contribution >= 0.6 is 0 Å². The van der Waals surface area contributed by atoms with Crippen LogP contribution in [0.3, 0.4) is 0 Å². The Morgan fingerprint density at radius 3 is 2.36 bits per heavy atom. The van der Waals surface area contributed by atoms with Gasteiger partial charge in [-0.25, -0.2) is 0 Å². The molecule has 64 valence electrons. The smallest absolute Gasteiger partial charge is 0.00381 e. The number of likely N-dealkylation sites (tertiary alicyclic amines) is 1. The normalized spacial score (nSPS) is 30.0. The number of hydrogen-bond donors (Lipinski definition) is 0. The van der Waals surface area contributed by atoms with E-state index in [4.69, 9.17) is 0 Å². The van der Waals surface area contributed by atoms with Crippen LogP contribution < -0.4 is 0 Å². The van der Waals surface area contributed by atoms with Gasteiger partial charge in [-0.1, -0.05) is 13.8 Å². The standard InChI is InChI=1S/C10H19N/c1-3-10(4-5-10)8-11-6-9(2)7-11/h9H,3-8H2,1-2H3. The van der Waals surface area contributed by atoms with Crippen LogP contribution in [-0.2, 0) is 0 Å². The molecule has 2 rings (SSSR count). The van der Waals surface area contributed by atoms with Crippen molar-refractivity contribution in [3.63, 3.8) is 0 Å². The van der Waals surface area contributed by atoms with Crippen LogP contribution in [0.15, 0.2) is 0 Å². The summed E-state index contributed by atoms with van der Waals surface area (Å²) in [7, 11) is 0. The second-order valence-corrected chi connectivity index (χ2v) is 4.65. The Kier molecular flexibility index (Phi) is 1.71. The lowest BCUT2D eigenvalue weighted by molar-refractivity contribution is 0.0853. The van der Waals surface area contributed by atoms with Gasteiger partial charge in [-0.15, -0.1) is 0 Å². The van der Waals surface area contributed by atoms with E-state index in [1.165, 1.54) is 38.9 Å². The predicted octanol–water partition coefficient (Wildman–Crippen LogP) is 2.13. The molecule has 1 heteroatoms. The fourth-order valence-electron chi connectivity index (χ4n) is 2.23. The Balaban J connectivity index is 1.74. The molecule has 0 unspecified atom stereocenters. The molecule has 0 aromatic rings. The second kappa shape index (κ2) is 2.48. The van der Waals surface area contributed by atoms with Crippen LogP contribution in [0.5, 0.6) is 0 Å². The van der Waals surface area contributed by atoms with Gasteiger partial charge in [0.1, 0.15) is 0 Å². The molecule has 2 aliphatic rings. The minimum absolute atomic E-state index is 0.778. The minimum atomic E-state index is 0.778. The highest BCUT2D eigenvalue weighted by atomic mass is 15.2. The Hall–Kier alpha value is -0.0400.